The zero-order valence-electron chi connectivity index (χ0n) is 17.5. The van der Waals surface area contributed by atoms with Gasteiger partial charge in [0, 0.05) is 0 Å². The lowest BCUT2D eigenvalue weighted by atomic mass is 9.97. The van der Waals surface area contributed by atoms with Gasteiger partial charge in [-0.1, -0.05) is 33.8 Å². The number of amides is 1. The van der Waals surface area contributed by atoms with E-state index in [-0.39, 0.29) is 17.6 Å². The van der Waals surface area contributed by atoms with E-state index in [1.807, 2.05) is 33.8 Å². The maximum absolute atomic E-state index is 12.7. The van der Waals surface area contributed by atoms with Crippen LogP contribution in [0, 0.1) is 0 Å². The van der Waals surface area contributed by atoms with Gasteiger partial charge in [0.05, 0.1) is 25.3 Å². The molecule has 2 atom stereocenters. The molecule has 6 heteroatoms. The molecule has 1 amide bonds. The molecule has 146 valence electrons. The lowest BCUT2D eigenvalue weighted by molar-refractivity contribution is 0.00192. The Bertz CT molecular complexity index is 503. The average Bonchev–Trinajstić information content (AvgIpc) is 2.41. The number of hydrogen-bond acceptors (Lipinski definition) is 4. The number of rotatable bonds is 4. The van der Waals surface area contributed by atoms with Gasteiger partial charge in [0.1, 0.15) is 5.60 Å². The Kier molecular flexibility index (Phi) is 6.92. The summed E-state index contributed by atoms with van der Waals surface area (Å²) in [6.07, 6.45) is 1.57. The molecule has 0 spiro atoms. The van der Waals surface area contributed by atoms with Gasteiger partial charge in [0.25, 0.3) is 0 Å². The van der Waals surface area contributed by atoms with E-state index < -0.39 is 26.1 Å². The molecule has 0 saturated carbocycles. The quantitative estimate of drug-likeness (QED) is 0.590. The molecule has 0 fully saturated rings. The molecule has 25 heavy (non-hydrogen) atoms. The number of carbonyl (C=O) groups is 1. The van der Waals surface area contributed by atoms with Crippen molar-refractivity contribution in [1.29, 1.82) is 0 Å². The van der Waals surface area contributed by atoms with Crippen LogP contribution in [-0.2, 0) is 9.16 Å². The van der Waals surface area contributed by atoms with Crippen molar-refractivity contribution in [3.05, 3.63) is 11.6 Å². The highest BCUT2D eigenvalue weighted by atomic mass is 28.4. The van der Waals surface area contributed by atoms with Crippen molar-refractivity contribution in [2.75, 3.05) is 13.2 Å². The third kappa shape index (κ3) is 6.11. The van der Waals surface area contributed by atoms with Crippen LogP contribution >= 0.6 is 0 Å². The Labute approximate surface area is 154 Å². The Morgan fingerprint density at radius 3 is 2.28 bits per heavy atom. The van der Waals surface area contributed by atoms with E-state index in [0.717, 1.165) is 12.0 Å². The molecule has 1 N–H and O–H groups in total. The summed E-state index contributed by atoms with van der Waals surface area (Å²) in [5, 5.41) is 10.3. The van der Waals surface area contributed by atoms with E-state index in [9.17, 15) is 9.90 Å². The lowest BCUT2D eigenvalue weighted by Crippen LogP contribution is -2.53. The number of aliphatic hydroxyl groups is 1. The molecule has 1 aliphatic heterocycles. The summed E-state index contributed by atoms with van der Waals surface area (Å²) in [7, 11) is -1.93. The number of aliphatic hydroxyl groups excluding tert-OH is 1. The van der Waals surface area contributed by atoms with Gasteiger partial charge < -0.3 is 14.3 Å². The van der Waals surface area contributed by atoms with Gasteiger partial charge in [0.2, 0.25) is 0 Å². The second-order valence-electron chi connectivity index (χ2n) is 9.38. The lowest BCUT2D eigenvalue weighted by Gasteiger charge is -2.42. The molecular weight excluding hydrogens is 334 g/mol. The summed E-state index contributed by atoms with van der Waals surface area (Å²) in [4.78, 5) is 14.3. The monoisotopic (exact) mass is 371 g/mol. The molecule has 0 aromatic heterocycles. The summed E-state index contributed by atoms with van der Waals surface area (Å²) in [5.74, 6) is 0. The fourth-order valence-corrected chi connectivity index (χ4v) is 3.52. The molecule has 1 aliphatic rings. The highest BCUT2D eigenvalue weighted by Crippen LogP contribution is 2.37. The number of carbonyl (C=O) groups excluding carboxylic acids is 1. The molecule has 0 saturated heterocycles. The van der Waals surface area contributed by atoms with E-state index in [1.165, 1.54) is 0 Å². The van der Waals surface area contributed by atoms with Gasteiger partial charge in [-0.25, -0.2) is 4.79 Å². The maximum atomic E-state index is 12.7. The minimum atomic E-state index is -1.93. The van der Waals surface area contributed by atoms with Crippen molar-refractivity contribution >= 4 is 14.4 Å². The molecule has 5 nitrogen and oxygen atoms in total. The normalized spacial score (nSPS) is 22.6. The zero-order valence-corrected chi connectivity index (χ0v) is 18.5. The largest absolute Gasteiger partial charge is 0.444 e. The summed E-state index contributed by atoms with van der Waals surface area (Å²) < 4.78 is 11.9. The molecule has 0 aliphatic carbocycles. The number of ether oxygens (including phenoxy) is 1. The van der Waals surface area contributed by atoms with Gasteiger partial charge >= 0.3 is 6.09 Å². The first-order chi connectivity index (χ1) is 11.2. The molecule has 1 heterocycles. The minimum absolute atomic E-state index is 0.105. The van der Waals surface area contributed by atoms with Gasteiger partial charge in [0.15, 0.2) is 8.32 Å². The molecular formula is C19H37NO4Si. The van der Waals surface area contributed by atoms with E-state index in [2.05, 4.69) is 33.9 Å². The number of β-amino-alcohol motifs (C(OH)–C–C–N with tert-alkyl or cyclic N) is 1. The van der Waals surface area contributed by atoms with Crippen LogP contribution in [0.25, 0.3) is 0 Å². The summed E-state index contributed by atoms with van der Waals surface area (Å²) in [6, 6.07) is -0.183. The highest BCUT2D eigenvalue weighted by Gasteiger charge is 2.40. The summed E-state index contributed by atoms with van der Waals surface area (Å²) in [5.41, 5.74) is 0.462. The van der Waals surface area contributed by atoms with Crippen molar-refractivity contribution in [1.82, 2.24) is 4.90 Å². The number of hydrogen-bond donors (Lipinski definition) is 1. The Balaban J connectivity index is 3.02. The van der Waals surface area contributed by atoms with E-state index in [1.54, 1.807) is 4.90 Å². The summed E-state index contributed by atoms with van der Waals surface area (Å²) in [6.45, 7) is 19.3. The highest BCUT2D eigenvalue weighted by molar-refractivity contribution is 6.74. The van der Waals surface area contributed by atoms with Crippen LogP contribution in [0.15, 0.2) is 11.6 Å². The zero-order chi connectivity index (χ0) is 19.6. The van der Waals surface area contributed by atoms with Gasteiger partial charge in [-0.05, 0) is 50.9 Å². The molecule has 0 bridgehead atoms. The third-order valence-corrected chi connectivity index (χ3v) is 9.54. The van der Waals surface area contributed by atoms with Crippen LogP contribution in [0.2, 0.25) is 18.1 Å². The first-order valence-electron chi connectivity index (χ1n) is 9.20. The minimum Gasteiger partial charge on any atom is -0.444 e. The average molecular weight is 372 g/mol. The van der Waals surface area contributed by atoms with Crippen LogP contribution in [-0.4, -0.2) is 55.3 Å². The van der Waals surface area contributed by atoms with Gasteiger partial charge in [-0.3, -0.25) is 4.90 Å². The van der Waals surface area contributed by atoms with E-state index in [4.69, 9.17) is 9.16 Å². The van der Waals surface area contributed by atoms with Crippen LogP contribution in [0.3, 0.4) is 0 Å². The van der Waals surface area contributed by atoms with Crippen molar-refractivity contribution in [2.24, 2.45) is 0 Å². The second-order valence-corrected chi connectivity index (χ2v) is 14.2. The predicted octanol–water partition coefficient (Wildman–Crippen LogP) is 4.32. The molecule has 0 aromatic rings. The van der Waals surface area contributed by atoms with Crippen molar-refractivity contribution < 1.29 is 19.1 Å². The molecule has 0 aromatic carbocycles. The van der Waals surface area contributed by atoms with Crippen molar-refractivity contribution in [3.8, 4) is 0 Å². The Morgan fingerprint density at radius 1 is 1.28 bits per heavy atom. The van der Waals surface area contributed by atoms with E-state index in [0.29, 0.717) is 6.61 Å². The second kappa shape index (κ2) is 7.80. The van der Waals surface area contributed by atoms with Crippen LogP contribution in [0.4, 0.5) is 4.79 Å². The number of nitrogens with zero attached hydrogens (tertiary/aromatic N) is 1. The first-order valence-corrected chi connectivity index (χ1v) is 12.1. The molecule has 1 rings (SSSR count). The summed E-state index contributed by atoms with van der Waals surface area (Å²) >= 11 is 0. The smallest absolute Gasteiger partial charge is 0.410 e. The van der Waals surface area contributed by atoms with Crippen molar-refractivity contribution in [3.63, 3.8) is 0 Å². The topological polar surface area (TPSA) is 59.0 Å². The maximum Gasteiger partial charge on any atom is 0.410 e. The van der Waals surface area contributed by atoms with Gasteiger partial charge in [-0.2, -0.15) is 0 Å². The van der Waals surface area contributed by atoms with Crippen LogP contribution in [0.5, 0.6) is 0 Å². The predicted molar refractivity (Wildman–Crippen MR) is 104 cm³/mol. The first kappa shape index (κ1) is 22.2. The standard InChI is InChI=1S/C19H37NO4Si/c1-10-14-11-15(21)12-20(17(22)24-18(2,3)4)16(14)13-23-25(8,9)19(5,6)7/h11,15-16,21H,10,12-13H2,1-9H3/t15-,16-/m1/s1. The fraction of sp³-hybridized carbons (Fsp3) is 0.842. The van der Waals surface area contributed by atoms with Crippen LogP contribution in [0.1, 0.15) is 54.9 Å². The molecule has 0 unspecified atom stereocenters. The van der Waals surface area contributed by atoms with Gasteiger partial charge in [-0.15, -0.1) is 0 Å². The Morgan fingerprint density at radius 2 is 1.84 bits per heavy atom. The third-order valence-electron chi connectivity index (χ3n) is 5.04. The fourth-order valence-electron chi connectivity index (χ4n) is 2.52. The van der Waals surface area contributed by atoms with Crippen LogP contribution < -0.4 is 0 Å². The molecule has 0 radical (unpaired) electrons. The Hall–Kier alpha value is -0.853. The SMILES string of the molecule is CCC1=C[C@@H](O)CN(C(=O)OC(C)(C)C)[C@@H]1CO[Si](C)(C)C(C)(C)C. The van der Waals surface area contributed by atoms with E-state index >= 15 is 0 Å². The van der Waals surface area contributed by atoms with Crippen molar-refractivity contribution in [2.45, 2.75) is 90.8 Å².